The number of carbonyl (C=O) groups excluding carboxylic acids is 2. The van der Waals surface area contributed by atoms with Gasteiger partial charge in [0.05, 0.1) is 11.6 Å². The third-order valence-corrected chi connectivity index (χ3v) is 2.27. The van der Waals surface area contributed by atoms with Crippen LogP contribution in [0.2, 0.25) is 0 Å². The predicted molar refractivity (Wildman–Crippen MR) is 55.9 cm³/mol. The minimum absolute atomic E-state index is 0.191. The van der Waals surface area contributed by atoms with Gasteiger partial charge in [0.2, 0.25) is 0 Å². The zero-order chi connectivity index (χ0) is 11.4. The van der Waals surface area contributed by atoms with Crippen LogP contribution in [0.25, 0.3) is 0 Å². The molecule has 0 N–H and O–H groups in total. The number of ketones is 1. The van der Waals surface area contributed by atoms with Crippen molar-refractivity contribution in [2.24, 2.45) is 0 Å². The first-order valence-corrected chi connectivity index (χ1v) is 4.67. The first-order valence-electron chi connectivity index (χ1n) is 4.67. The van der Waals surface area contributed by atoms with E-state index in [-0.39, 0.29) is 5.78 Å². The molecule has 0 amide bonds. The number of nitriles is 1. The van der Waals surface area contributed by atoms with E-state index in [4.69, 9.17) is 5.26 Å². The van der Waals surface area contributed by atoms with Crippen LogP contribution in [-0.2, 0) is 6.42 Å². The number of hydrogen-bond donors (Lipinski definition) is 0. The summed E-state index contributed by atoms with van der Waals surface area (Å²) in [7, 11) is 0. The summed E-state index contributed by atoms with van der Waals surface area (Å²) in [6.45, 7) is 3.27. The van der Waals surface area contributed by atoms with Crippen molar-refractivity contribution in [2.75, 3.05) is 0 Å². The molecular weight excluding hydrogens is 190 g/mol. The lowest BCUT2D eigenvalue weighted by atomic mass is 9.95. The normalized spacial score (nSPS) is 9.40. The molecule has 0 unspecified atom stereocenters. The predicted octanol–water partition coefficient (Wildman–Crippen LogP) is 2.14. The Bertz CT molecular complexity index is 455. The summed E-state index contributed by atoms with van der Waals surface area (Å²) in [5.41, 5.74) is 1.90. The molecule has 1 aromatic carbocycles. The first kappa shape index (κ1) is 11.1. The van der Waals surface area contributed by atoms with E-state index >= 15 is 0 Å². The molecule has 0 spiro atoms. The molecule has 0 saturated carbocycles. The van der Waals surface area contributed by atoms with Crippen LogP contribution in [0.4, 0.5) is 0 Å². The highest BCUT2D eigenvalue weighted by molar-refractivity contribution is 6.02. The van der Waals surface area contributed by atoms with E-state index in [0.717, 1.165) is 5.56 Å². The second-order valence-electron chi connectivity index (χ2n) is 3.24. The van der Waals surface area contributed by atoms with Crippen LogP contribution < -0.4 is 0 Å². The van der Waals surface area contributed by atoms with Crippen LogP contribution in [0, 0.1) is 11.3 Å². The van der Waals surface area contributed by atoms with E-state index in [0.29, 0.717) is 29.4 Å². The van der Waals surface area contributed by atoms with Gasteiger partial charge in [-0.15, -0.1) is 0 Å². The molecule has 1 aromatic rings. The summed E-state index contributed by atoms with van der Waals surface area (Å²) in [6, 6.07) is 5.09. The fourth-order valence-electron chi connectivity index (χ4n) is 1.50. The highest BCUT2D eigenvalue weighted by Crippen LogP contribution is 2.17. The van der Waals surface area contributed by atoms with Crippen molar-refractivity contribution in [2.45, 2.75) is 20.3 Å². The number of rotatable bonds is 3. The average Bonchev–Trinajstić information content (AvgIpc) is 2.26. The van der Waals surface area contributed by atoms with Crippen LogP contribution in [0.3, 0.4) is 0 Å². The van der Waals surface area contributed by atoms with Gasteiger partial charge in [-0.05, 0) is 31.0 Å². The minimum Gasteiger partial charge on any atom is -0.298 e. The molecule has 0 fully saturated rings. The highest BCUT2D eigenvalue weighted by Gasteiger charge is 2.12. The van der Waals surface area contributed by atoms with Crippen molar-refractivity contribution in [3.8, 4) is 6.07 Å². The molecule has 1 rings (SSSR count). The van der Waals surface area contributed by atoms with E-state index in [1.54, 1.807) is 6.07 Å². The molecule has 3 heteroatoms. The van der Waals surface area contributed by atoms with Crippen LogP contribution in [0.5, 0.6) is 0 Å². The number of aryl methyl sites for hydroxylation is 1. The van der Waals surface area contributed by atoms with Crippen molar-refractivity contribution in [1.29, 1.82) is 5.26 Å². The quantitative estimate of drug-likeness (QED) is 0.556. The lowest BCUT2D eigenvalue weighted by molar-refractivity contribution is 0.100. The molecule has 0 atom stereocenters. The Labute approximate surface area is 88.3 Å². The van der Waals surface area contributed by atoms with Gasteiger partial charge in [-0.2, -0.15) is 5.26 Å². The number of benzene rings is 1. The van der Waals surface area contributed by atoms with Gasteiger partial charge in [-0.3, -0.25) is 9.59 Å². The molecule has 0 heterocycles. The van der Waals surface area contributed by atoms with Crippen molar-refractivity contribution in [3.05, 3.63) is 34.4 Å². The maximum absolute atomic E-state index is 11.3. The van der Waals surface area contributed by atoms with Crippen molar-refractivity contribution < 1.29 is 9.59 Å². The molecular formula is C12H11NO2. The van der Waals surface area contributed by atoms with E-state index < -0.39 is 0 Å². The fraction of sp³-hybridized carbons (Fsp3) is 0.250. The van der Waals surface area contributed by atoms with Gasteiger partial charge in [0, 0.05) is 11.1 Å². The number of hydrogen-bond acceptors (Lipinski definition) is 3. The molecule has 76 valence electrons. The van der Waals surface area contributed by atoms with E-state index in [1.807, 2.05) is 13.0 Å². The summed E-state index contributed by atoms with van der Waals surface area (Å²) < 4.78 is 0. The number of nitrogens with zero attached hydrogens (tertiary/aromatic N) is 1. The lowest BCUT2D eigenvalue weighted by Gasteiger charge is -2.07. The lowest BCUT2D eigenvalue weighted by Crippen LogP contribution is -2.04. The van der Waals surface area contributed by atoms with Gasteiger partial charge in [0.25, 0.3) is 0 Å². The van der Waals surface area contributed by atoms with Crippen LogP contribution in [0.1, 0.15) is 45.7 Å². The highest BCUT2D eigenvalue weighted by atomic mass is 16.1. The van der Waals surface area contributed by atoms with Gasteiger partial charge >= 0.3 is 0 Å². The number of Topliss-reactive ketones (excluding diaryl/α,β-unsaturated/α-hetero) is 1. The molecule has 0 aromatic heterocycles. The van der Waals surface area contributed by atoms with Crippen LogP contribution in [-0.4, -0.2) is 12.1 Å². The third-order valence-electron chi connectivity index (χ3n) is 2.27. The average molecular weight is 201 g/mol. The summed E-state index contributed by atoms with van der Waals surface area (Å²) >= 11 is 0. The van der Waals surface area contributed by atoms with E-state index in [2.05, 4.69) is 0 Å². The standard InChI is InChI=1S/C12H11NO2/c1-3-10-4-9(6-13)5-11(8(2)15)12(10)7-14/h4-5,7H,3H2,1-2H3. The largest absolute Gasteiger partial charge is 0.298 e. The van der Waals surface area contributed by atoms with Crippen molar-refractivity contribution in [3.63, 3.8) is 0 Å². The molecule has 15 heavy (non-hydrogen) atoms. The molecule has 3 nitrogen and oxygen atoms in total. The topological polar surface area (TPSA) is 57.9 Å². The Morgan fingerprint density at radius 1 is 1.53 bits per heavy atom. The van der Waals surface area contributed by atoms with E-state index in [1.165, 1.54) is 13.0 Å². The molecule has 0 bridgehead atoms. The molecule has 0 aliphatic rings. The molecule has 0 aliphatic heterocycles. The SMILES string of the molecule is CCc1cc(C#N)cc(C(C)=O)c1C=O. The Hall–Kier alpha value is -1.95. The molecule has 0 radical (unpaired) electrons. The smallest absolute Gasteiger partial charge is 0.160 e. The van der Waals surface area contributed by atoms with Gasteiger partial charge in [-0.1, -0.05) is 6.92 Å². The van der Waals surface area contributed by atoms with Gasteiger partial charge in [0.1, 0.15) is 0 Å². The number of carbonyl (C=O) groups is 2. The van der Waals surface area contributed by atoms with E-state index in [9.17, 15) is 9.59 Å². The van der Waals surface area contributed by atoms with Gasteiger partial charge in [0.15, 0.2) is 12.1 Å². The van der Waals surface area contributed by atoms with Crippen molar-refractivity contribution in [1.82, 2.24) is 0 Å². The summed E-state index contributed by atoms with van der Waals surface area (Å²) in [4.78, 5) is 22.2. The zero-order valence-corrected chi connectivity index (χ0v) is 8.70. The second-order valence-corrected chi connectivity index (χ2v) is 3.24. The Morgan fingerprint density at radius 2 is 2.20 bits per heavy atom. The summed E-state index contributed by atoms with van der Waals surface area (Å²) in [6.07, 6.45) is 1.31. The summed E-state index contributed by atoms with van der Waals surface area (Å²) in [5, 5.41) is 8.78. The van der Waals surface area contributed by atoms with Crippen LogP contribution >= 0.6 is 0 Å². The van der Waals surface area contributed by atoms with Gasteiger partial charge in [-0.25, -0.2) is 0 Å². The third kappa shape index (κ3) is 2.10. The van der Waals surface area contributed by atoms with Crippen LogP contribution in [0.15, 0.2) is 12.1 Å². The Morgan fingerprint density at radius 3 is 2.60 bits per heavy atom. The molecule has 0 aliphatic carbocycles. The first-order chi connectivity index (χ1) is 7.13. The van der Waals surface area contributed by atoms with Crippen molar-refractivity contribution >= 4 is 12.1 Å². The fourth-order valence-corrected chi connectivity index (χ4v) is 1.50. The minimum atomic E-state index is -0.191. The monoisotopic (exact) mass is 201 g/mol. The maximum atomic E-state index is 11.3. The number of aldehydes is 1. The maximum Gasteiger partial charge on any atom is 0.160 e. The molecule has 0 saturated heterocycles. The second kappa shape index (κ2) is 4.52. The zero-order valence-electron chi connectivity index (χ0n) is 8.70. The Kier molecular flexibility index (Phi) is 3.35. The van der Waals surface area contributed by atoms with Gasteiger partial charge < -0.3 is 0 Å². The Balaban J connectivity index is 3.54. The summed E-state index contributed by atoms with van der Waals surface area (Å²) in [5.74, 6) is -0.191.